The predicted octanol–water partition coefficient (Wildman–Crippen LogP) is 2.79. The van der Waals surface area contributed by atoms with Crippen molar-refractivity contribution in [2.75, 3.05) is 20.1 Å². The third-order valence-electron chi connectivity index (χ3n) is 4.50. The second-order valence-electron chi connectivity index (χ2n) is 6.95. The van der Waals surface area contributed by atoms with Crippen LogP contribution >= 0.6 is 24.0 Å². The zero-order valence-electron chi connectivity index (χ0n) is 16.4. The zero-order chi connectivity index (χ0) is 18.5. The number of aryl methyl sites for hydroxylation is 1. The average molecular weight is 484 g/mol. The molecule has 0 spiro atoms. The van der Waals surface area contributed by atoms with Crippen LogP contribution < -0.4 is 10.1 Å². The first-order chi connectivity index (χ1) is 12.5. The summed E-state index contributed by atoms with van der Waals surface area (Å²) < 4.78 is 7.45. The number of pyridine rings is 1. The van der Waals surface area contributed by atoms with Gasteiger partial charge in [0.15, 0.2) is 5.96 Å². The van der Waals surface area contributed by atoms with E-state index < -0.39 is 0 Å². The van der Waals surface area contributed by atoms with E-state index in [9.17, 15) is 0 Å². The zero-order valence-corrected chi connectivity index (χ0v) is 18.8. The quantitative estimate of drug-likeness (QED) is 0.402. The van der Waals surface area contributed by atoms with Crippen molar-refractivity contribution in [2.45, 2.75) is 38.8 Å². The predicted molar refractivity (Wildman–Crippen MR) is 118 cm³/mol. The van der Waals surface area contributed by atoms with Crippen molar-refractivity contribution in [3.63, 3.8) is 0 Å². The summed E-state index contributed by atoms with van der Waals surface area (Å²) in [5.41, 5.74) is 2.40. The number of hydrogen-bond donors (Lipinski definition) is 1. The molecule has 1 N–H and O–H groups in total. The highest BCUT2D eigenvalue weighted by atomic mass is 127. The number of aromatic nitrogens is 3. The molecule has 1 atom stereocenters. The van der Waals surface area contributed by atoms with Gasteiger partial charge < -0.3 is 15.0 Å². The van der Waals surface area contributed by atoms with Crippen LogP contribution in [0.1, 0.15) is 37.3 Å². The van der Waals surface area contributed by atoms with Crippen molar-refractivity contribution in [3.05, 3.63) is 41.9 Å². The van der Waals surface area contributed by atoms with Gasteiger partial charge in [-0.2, -0.15) is 5.10 Å². The van der Waals surface area contributed by atoms with Crippen LogP contribution in [-0.2, 0) is 13.6 Å². The lowest BCUT2D eigenvalue weighted by Gasteiger charge is -2.21. The SMILES string of the molecule is CN=C(NCc1ccc(OC(C)C)nc1)N1CCC(c2cnn(C)c2)C1.I. The lowest BCUT2D eigenvalue weighted by atomic mass is 10.0. The van der Waals surface area contributed by atoms with Crippen molar-refractivity contribution in [1.29, 1.82) is 0 Å². The van der Waals surface area contributed by atoms with Crippen LogP contribution in [0.25, 0.3) is 0 Å². The van der Waals surface area contributed by atoms with Crippen molar-refractivity contribution >= 4 is 29.9 Å². The number of nitrogens with zero attached hydrogens (tertiary/aromatic N) is 5. The first-order valence-corrected chi connectivity index (χ1v) is 9.11. The van der Waals surface area contributed by atoms with E-state index in [1.807, 2.05) is 57.2 Å². The molecule has 0 amide bonds. The Morgan fingerprint density at radius 2 is 2.19 bits per heavy atom. The van der Waals surface area contributed by atoms with Gasteiger partial charge in [-0.05, 0) is 31.4 Å². The summed E-state index contributed by atoms with van der Waals surface area (Å²) >= 11 is 0. The topological polar surface area (TPSA) is 67.6 Å². The summed E-state index contributed by atoms with van der Waals surface area (Å²) in [5, 5.41) is 7.73. The van der Waals surface area contributed by atoms with E-state index in [1.54, 1.807) is 0 Å². The van der Waals surface area contributed by atoms with Crippen LogP contribution in [0.4, 0.5) is 0 Å². The summed E-state index contributed by atoms with van der Waals surface area (Å²) in [6, 6.07) is 3.95. The number of rotatable bonds is 5. The van der Waals surface area contributed by atoms with Crippen LogP contribution in [0.15, 0.2) is 35.7 Å². The molecule has 0 radical (unpaired) electrons. The molecule has 3 heterocycles. The summed E-state index contributed by atoms with van der Waals surface area (Å²) in [4.78, 5) is 11.1. The standard InChI is InChI=1S/C19H28N6O.HI/c1-14(2)26-18-6-5-15(9-21-18)10-22-19(20-3)25-8-7-16(13-25)17-11-23-24(4)12-17;/h5-6,9,11-12,14,16H,7-8,10,13H2,1-4H3,(H,20,22);1H. The van der Waals surface area contributed by atoms with Gasteiger partial charge in [0.05, 0.1) is 12.3 Å². The van der Waals surface area contributed by atoms with Crippen LogP contribution in [0.3, 0.4) is 0 Å². The number of nitrogens with one attached hydrogen (secondary N) is 1. The largest absolute Gasteiger partial charge is 0.475 e. The minimum Gasteiger partial charge on any atom is -0.475 e. The Morgan fingerprint density at radius 1 is 1.37 bits per heavy atom. The number of hydrogen-bond acceptors (Lipinski definition) is 4. The Kier molecular flexibility index (Phi) is 7.88. The molecule has 1 aliphatic heterocycles. The smallest absolute Gasteiger partial charge is 0.213 e. The molecule has 0 aliphatic carbocycles. The number of halogens is 1. The maximum atomic E-state index is 5.58. The summed E-state index contributed by atoms with van der Waals surface area (Å²) in [5.74, 6) is 2.10. The Hall–Kier alpha value is -1.84. The second-order valence-corrected chi connectivity index (χ2v) is 6.95. The van der Waals surface area contributed by atoms with Gasteiger partial charge in [-0.1, -0.05) is 6.07 Å². The average Bonchev–Trinajstić information content (AvgIpc) is 3.25. The molecule has 3 rings (SSSR count). The fourth-order valence-corrected chi connectivity index (χ4v) is 3.22. The highest BCUT2D eigenvalue weighted by molar-refractivity contribution is 14.0. The van der Waals surface area contributed by atoms with Crippen molar-refractivity contribution in [3.8, 4) is 5.88 Å². The van der Waals surface area contributed by atoms with E-state index >= 15 is 0 Å². The lowest BCUT2D eigenvalue weighted by molar-refractivity contribution is 0.232. The third-order valence-corrected chi connectivity index (χ3v) is 4.50. The number of aliphatic imine (C=N–C) groups is 1. The Morgan fingerprint density at radius 3 is 2.78 bits per heavy atom. The van der Waals surface area contributed by atoms with Crippen LogP contribution in [0.2, 0.25) is 0 Å². The van der Waals surface area contributed by atoms with E-state index in [-0.39, 0.29) is 30.1 Å². The molecular formula is C19H29IN6O. The molecular weight excluding hydrogens is 455 g/mol. The monoisotopic (exact) mass is 484 g/mol. The molecule has 1 aliphatic rings. The van der Waals surface area contributed by atoms with Crippen LogP contribution in [-0.4, -0.2) is 51.9 Å². The summed E-state index contributed by atoms with van der Waals surface area (Å²) in [6.45, 7) is 6.64. The van der Waals surface area contributed by atoms with Crippen molar-refractivity contribution in [1.82, 2.24) is 25.0 Å². The number of likely N-dealkylation sites (tertiary alicyclic amines) is 1. The highest BCUT2D eigenvalue weighted by Crippen LogP contribution is 2.26. The van der Waals surface area contributed by atoms with Crippen molar-refractivity contribution in [2.24, 2.45) is 12.0 Å². The first-order valence-electron chi connectivity index (χ1n) is 9.11. The fourth-order valence-electron chi connectivity index (χ4n) is 3.22. The van der Waals surface area contributed by atoms with Gasteiger partial charge in [0, 0.05) is 58.1 Å². The van der Waals surface area contributed by atoms with E-state index in [0.717, 1.165) is 31.0 Å². The summed E-state index contributed by atoms with van der Waals surface area (Å²) in [6.07, 6.45) is 7.18. The van der Waals surface area contributed by atoms with Gasteiger partial charge in [0.2, 0.25) is 5.88 Å². The molecule has 8 heteroatoms. The lowest BCUT2D eigenvalue weighted by Crippen LogP contribution is -2.39. The normalized spacial score (nSPS) is 17.1. The van der Waals surface area contributed by atoms with Crippen molar-refractivity contribution < 1.29 is 4.74 Å². The molecule has 2 aromatic rings. The number of ether oxygens (including phenoxy) is 1. The maximum Gasteiger partial charge on any atom is 0.213 e. The van der Waals surface area contributed by atoms with Gasteiger partial charge in [0.1, 0.15) is 0 Å². The third kappa shape index (κ3) is 5.82. The van der Waals surface area contributed by atoms with Gasteiger partial charge in [0.25, 0.3) is 0 Å². The van der Waals surface area contributed by atoms with E-state index in [1.165, 1.54) is 5.56 Å². The fraction of sp³-hybridized carbons (Fsp3) is 0.526. The minimum absolute atomic E-state index is 0. The Balaban J connectivity index is 0.00000261. The molecule has 0 aromatic carbocycles. The second kappa shape index (κ2) is 9.91. The molecule has 1 unspecified atom stereocenters. The first kappa shape index (κ1) is 21.5. The summed E-state index contributed by atoms with van der Waals surface area (Å²) in [7, 11) is 3.79. The van der Waals surface area contributed by atoms with Gasteiger partial charge in [-0.15, -0.1) is 24.0 Å². The molecule has 1 fully saturated rings. The van der Waals surface area contributed by atoms with E-state index in [0.29, 0.717) is 18.3 Å². The van der Waals surface area contributed by atoms with Crippen LogP contribution in [0.5, 0.6) is 5.88 Å². The molecule has 27 heavy (non-hydrogen) atoms. The Labute approximate surface area is 178 Å². The molecule has 7 nitrogen and oxygen atoms in total. The van der Waals surface area contributed by atoms with Gasteiger partial charge in [-0.25, -0.2) is 4.98 Å². The van der Waals surface area contributed by atoms with Gasteiger partial charge >= 0.3 is 0 Å². The highest BCUT2D eigenvalue weighted by Gasteiger charge is 2.26. The van der Waals surface area contributed by atoms with E-state index in [4.69, 9.17) is 4.74 Å². The molecule has 2 aromatic heterocycles. The minimum atomic E-state index is 0. The van der Waals surface area contributed by atoms with E-state index in [2.05, 4.69) is 31.5 Å². The Bertz CT molecular complexity index is 743. The molecule has 0 bridgehead atoms. The maximum absolute atomic E-state index is 5.58. The molecule has 1 saturated heterocycles. The number of guanidine groups is 1. The molecule has 0 saturated carbocycles. The molecule has 148 valence electrons. The van der Waals surface area contributed by atoms with Crippen LogP contribution in [0, 0.1) is 0 Å². The van der Waals surface area contributed by atoms with Gasteiger partial charge in [-0.3, -0.25) is 9.67 Å².